The molecule has 1 aromatic carbocycles. The van der Waals surface area contributed by atoms with Crippen LogP contribution in [-0.4, -0.2) is 58.8 Å². The number of anilines is 1. The predicted molar refractivity (Wildman–Crippen MR) is 109 cm³/mol. The normalized spacial score (nSPS) is 11.2. The second kappa shape index (κ2) is 9.11. The standard InChI is InChI=1S/C18H22N8O5/c1-9(2)15-14(21-25-26(15)17-16(19)23-31-24-17)18(27)22-20-8-11-12(29-4)6-10(28-3)7-13(11)30-5/h6-9H,1-5H3,(H2,19,23)(H,22,27)/b20-8-. The first-order chi connectivity index (χ1) is 14.9. The number of ether oxygens (including phenoxy) is 3. The van der Waals surface area contributed by atoms with Gasteiger partial charge in [-0.05, 0) is 16.2 Å². The van der Waals surface area contributed by atoms with Gasteiger partial charge >= 0.3 is 0 Å². The summed E-state index contributed by atoms with van der Waals surface area (Å²) in [6, 6.07) is 3.34. The Morgan fingerprint density at radius 3 is 2.39 bits per heavy atom. The van der Waals surface area contributed by atoms with Crippen molar-refractivity contribution < 1.29 is 23.6 Å². The van der Waals surface area contributed by atoms with Gasteiger partial charge in [0.25, 0.3) is 5.91 Å². The number of carbonyl (C=O) groups excluding carboxylic acids is 1. The third kappa shape index (κ3) is 4.24. The molecule has 0 bridgehead atoms. The molecule has 0 unspecified atom stereocenters. The number of amides is 1. The average Bonchev–Trinajstić information content (AvgIpc) is 3.39. The van der Waals surface area contributed by atoms with E-state index >= 15 is 0 Å². The smallest absolute Gasteiger partial charge is 0.293 e. The van der Waals surface area contributed by atoms with Crippen molar-refractivity contribution in [3.63, 3.8) is 0 Å². The minimum absolute atomic E-state index is 0.0236. The Kier molecular flexibility index (Phi) is 6.33. The van der Waals surface area contributed by atoms with E-state index < -0.39 is 5.91 Å². The van der Waals surface area contributed by atoms with Crippen molar-refractivity contribution in [1.82, 2.24) is 30.7 Å². The fourth-order valence-corrected chi connectivity index (χ4v) is 2.83. The maximum absolute atomic E-state index is 12.7. The fourth-order valence-electron chi connectivity index (χ4n) is 2.83. The third-order valence-electron chi connectivity index (χ3n) is 4.28. The highest BCUT2D eigenvalue weighted by atomic mass is 16.6. The van der Waals surface area contributed by atoms with Crippen molar-refractivity contribution >= 4 is 17.9 Å². The van der Waals surface area contributed by atoms with Crippen LogP contribution in [-0.2, 0) is 0 Å². The first kappa shape index (κ1) is 21.5. The van der Waals surface area contributed by atoms with Gasteiger partial charge in [0.05, 0.1) is 38.8 Å². The molecule has 31 heavy (non-hydrogen) atoms. The van der Waals surface area contributed by atoms with Crippen LogP contribution in [0.4, 0.5) is 5.82 Å². The highest BCUT2D eigenvalue weighted by Gasteiger charge is 2.25. The molecule has 2 heterocycles. The largest absolute Gasteiger partial charge is 0.496 e. The highest BCUT2D eigenvalue weighted by Crippen LogP contribution is 2.32. The van der Waals surface area contributed by atoms with Crippen LogP contribution < -0.4 is 25.4 Å². The molecule has 0 aliphatic heterocycles. The van der Waals surface area contributed by atoms with Crippen LogP contribution in [0.3, 0.4) is 0 Å². The molecule has 0 fully saturated rings. The quantitative estimate of drug-likeness (QED) is 0.391. The molecule has 3 rings (SSSR count). The number of benzene rings is 1. The minimum atomic E-state index is -0.576. The number of rotatable bonds is 8. The summed E-state index contributed by atoms with van der Waals surface area (Å²) in [7, 11) is 4.54. The van der Waals surface area contributed by atoms with Crippen LogP contribution in [0.5, 0.6) is 17.2 Å². The Hall–Kier alpha value is -4.16. The zero-order valence-electron chi connectivity index (χ0n) is 17.6. The maximum atomic E-state index is 12.7. The number of nitrogens with one attached hydrogen (secondary N) is 1. The van der Waals surface area contributed by atoms with Crippen molar-refractivity contribution in [2.24, 2.45) is 5.10 Å². The molecule has 0 saturated heterocycles. The van der Waals surface area contributed by atoms with Crippen molar-refractivity contribution in [1.29, 1.82) is 0 Å². The lowest BCUT2D eigenvalue weighted by Gasteiger charge is -2.12. The van der Waals surface area contributed by atoms with Gasteiger partial charge in [-0.2, -0.15) is 9.78 Å². The van der Waals surface area contributed by atoms with E-state index in [-0.39, 0.29) is 23.2 Å². The SMILES string of the molecule is COc1cc(OC)c(/C=N\NC(=O)c2nnn(-c3nonc3N)c2C(C)C)c(OC)c1. The lowest BCUT2D eigenvalue weighted by atomic mass is 10.1. The lowest BCUT2D eigenvalue weighted by Crippen LogP contribution is -2.21. The molecular weight excluding hydrogens is 408 g/mol. The maximum Gasteiger partial charge on any atom is 0.293 e. The summed E-state index contributed by atoms with van der Waals surface area (Å²) in [4.78, 5) is 12.7. The van der Waals surface area contributed by atoms with Crippen molar-refractivity contribution in [2.45, 2.75) is 19.8 Å². The van der Waals surface area contributed by atoms with E-state index in [9.17, 15) is 4.79 Å². The van der Waals surface area contributed by atoms with Gasteiger partial charge in [-0.3, -0.25) is 4.79 Å². The van der Waals surface area contributed by atoms with Gasteiger partial charge in [0.15, 0.2) is 5.69 Å². The van der Waals surface area contributed by atoms with E-state index in [0.717, 1.165) is 0 Å². The minimum Gasteiger partial charge on any atom is -0.496 e. The van der Waals surface area contributed by atoms with Gasteiger partial charge in [-0.15, -0.1) is 5.10 Å². The van der Waals surface area contributed by atoms with Crippen LogP contribution in [0.25, 0.3) is 5.82 Å². The Labute approximate surface area is 177 Å². The van der Waals surface area contributed by atoms with Crippen LogP contribution in [0, 0.1) is 0 Å². The van der Waals surface area contributed by atoms with Gasteiger partial charge in [0.1, 0.15) is 17.2 Å². The average molecular weight is 430 g/mol. The molecule has 0 aliphatic rings. The fraction of sp³-hybridized carbons (Fsp3) is 0.333. The summed E-state index contributed by atoms with van der Waals surface area (Å²) in [6.45, 7) is 3.73. The third-order valence-corrected chi connectivity index (χ3v) is 4.28. The molecule has 0 saturated carbocycles. The summed E-state index contributed by atoms with van der Waals surface area (Å²) < 4.78 is 21.8. The van der Waals surface area contributed by atoms with Crippen molar-refractivity contribution in [3.8, 4) is 23.1 Å². The molecule has 2 aromatic heterocycles. The number of nitrogens with zero attached hydrogens (tertiary/aromatic N) is 6. The molecule has 13 heteroatoms. The molecule has 1 amide bonds. The summed E-state index contributed by atoms with van der Waals surface area (Å²) in [5.41, 5.74) is 9.20. The summed E-state index contributed by atoms with van der Waals surface area (Å²) in [5, 5.41) is 19.1. The molecule has 3 N–H and O–H groups in total. The Balaban J connectivity index is 1.88. The zero-order chi connectivity index (χ0) is 22.5. The second-order valence-electron chi connectivity index (χ2n) is 6.51. The summed E-state index contributed by atoms with van der Waals surface area (Å²) in [6.07, 6.45) is 1.40. The van der Waals surface area contributed by atoms with E-state index in [1.807, 2.05) is 13.8 Å². The molecule has 3 aromatic rings. The van der Waals surface area contributed by atoms with Crippen molar-refractivity contribution in [3.05, 3.63) is 29.1 Å². The van der Waals surface area contributed by atoms with Gasteiger partial charge in [-0.25, -0.2) is 10.1 Å². The summed E-state index contributed by atoms with van der Waals surface area (Å²) in [5.74, 6) is 0.913. The van der Waals surface area contributed by atoms with Gasteiger partial charge in [-0.1, -0.05) is 19.1 Å². The molecule has 0 spiro atoms. The first-order valence-electron chi connectivity index (χ1n) is 9.08. The van der Waals surface area contributed by atoms with Gasteiger partial charge < -0.3 is 19.9 Å². The number of methoxy groups -OCH3 is 3. The van der Waals surface area contributed by atoms with E-state index in [4.69, 9.17) is 19.9 Å². The van der Waals surface area contributed by atoms with Crippen LogP contribution >= 0.6 is 0 Å². The predicted octanol–water partition coefficient (Wildman–Crippen LogP) is 1.15. The monoisotopic (exact) mass is 430 g/mol. The van der Waals surface area contributed by atoms with Gasteiger partial charge in [0, 0.05) is 12.1 Å². The zero-order valence-corrected chi connectivity index (χ0v) is 17.6. The molecular formula is C18H22N8O5. The second-order valence-corrected chi connectivity index (χ2v) is 6.51. The number of carbonyl (C=O) groups is 1. The van der Waals surface area contributed by atoms with E-state index in [1.54, 1.807) is 12.1 Å². The number of hydrazone groups is 1. The van der Waals surface area contributed by atoms with Crippen LogP contribution in [0.1, 0.15) is 41.5 Å². The Morgan fingerprint density at radius 1 is 1.19 bits per heavy atom. The Bertz CT molecular complexity index is 1080. The number of aromatic nitrogens is 5. The molecule has 0 radical (unpaired) electrons. The highest BCUT2D eigenvalue weighted by molar-refractivity contribution is 5.95. The van der Waals surface area contributed by atoms with Crippen LogP contribution in [0.15, 0.2) is 21.9 Å². The lowest BCUT2D eigenvalue weighted by molar-refractivity contribution is 0.0948. The molecule has 13 nitrogen and oxygen atoms in total. The van der Waals surface area contributed by atoms with E-state index in [0.29, 0.717) is 28.5 Å². The van der Waals surface area contributed by atoms with E-state index in [1.165, 1.54) is 32.2 Å². The number of nitrogens with two attached hydrogens (primary N) is 1. The number of hydrogen-bond acceptors (Lipinski definition) is 11. The molecule has 164 valence electrons. The number of nitrogen functional groups attached to an aromatic ring is 1. The first-order valence-corrected chi connectivity index (χ1v) is 9.08. The van der Waals surface area contributed by atoms with Crippen LogP contribution in [0.2, 0.25) is 0 Å². The number of hydrogen-bond donors (Lipinski definition) is 2. The Morgan fingerprint density at radius 2 is 1.87 bits per heavy atom. The van der Waals surface area contributed by atoms with Crippen molar-refractivity contribution in [2.75, 3.05) is 27.1 Å². The molecule has 0 aliphatic carbocycles. The summed E-state index contributed by atoms with van der Waals surface area (Å²) >= 11 is 0. The van der Waals surface area contributed by atoms with E-state index in [2.05, 4.69) is 35.8 Å². The van der Waals surface area contributed by atoms with Gasteiger partial charge in [0.2, 0.25) is 11.6 Å². The topological polar surface area (TPSA) is 165 Å². The molecule has 0 atom stereocenters.